The quantitative estimate of drug-likeness (QED) is 0.589. The Hall–Kier alpha value is -0.760. The van der Waals surface area contributed by atoms with Gasteiger partial charge in [-0.05, 0) is 25.3 Å². The third-order valence-electron chi connectivity index (χ3n) is 2.62. The predicted octanol–water partition coefficient (Wildman–Crippen LogP) is 1.63. The van der Waals surface area contributed by atoms with Gasteiger partial charge in [-0.1, -0.05) is 6.58 Å². The molecule has 0 aliphatic carbocycles. The molecule has 66 valence electrons. The molecule has 0 saturated carbocycles. The molecule has 0 spiro atoms. The molecular formula is C10H15NO. The van der Waals surface area contributed by atoms with Gasteiger partial charge in [0, 0.05) is 24.4 Å². The van der Waals surface area contributed by atoms with Crippen LogP contribution in [0.2, 0.25) is 0 Å². The molecule has 2 aliphatic rings. The summed E-state index contributed by atoms with van der Waals surface area (Å²) in [6.45, 7) is 5.07. The highest BCUT2D eigenvalue weighted by Gasteiger charge is 2.23. The lowest BCUT2D eigenvalue weighted by Crippen LogP contribution is -2.32. The van der Waals surface area contributed by atoms with Crippen molar-refractivity contribution in [1.29, 1.82) is 0 Å². The van der Waals surface area contributed by atoms with Crippen LogP contribution in [0, 0.1) is 0 Å². The first-order valence-electron chi connectivity index (χ1n) is 4.61. The van der Waals surface area contributed by atoms with Gasteiger partial charge >= 0.3 is 0 Å². The Morgan fingerprint density at radius 1 is 1.50 bits per heavy atom. The second kappa shape index (κ2) is 2.94. The highest BCUT2D eigenvalue weighted by molar-refractivity contribution is 5.20. The van der Waals surface area contributed by atoms with Crippen LogP contribution in [-0.2, 0) is 0 Å². The summed E-state index contributed by atoms with van der Waals surface area (Å²) in [7, 11) is 0. The molecule has 12 heavy (non-hydrogen) atoms. The number of allylic oxidation sites excluding steroid dienone is 1. The maximum Gasteiger partial charge on any atom is 0.0795 e. The summed E-state index contributed by atoms with van der Waals surface area (Å²) in [5.41, 5.74) is 2.37. The van der Waals surface area contributed by atoms with Gasteiger partial charge in [-0.15, -0.1) is 0 Å². The molecule has 2 aliphatic heterocycles. The molecule has 0 aromatic carbocycles. The third kappa shape index (κ3) is 1.27. The van der Waals surface area contributed by atoms with E-state index < -0.39 is 0 Å². The lowest BCUT2D eigenvalue weighted by molar-refractivity contribution is 0.186. The Balaban J connectivity index is 2.22. The van der Waals surface area contributed by atoms with Gasteiger partial charge in [0.05, 0.1) is 6.10 Å². The van der Waals surface area contributed by atoms with Crippen LogP contribution in [0.3, 0.4) is 0 Å². The van der Waals surface area contributed by atoms with E-state index in [1.165, 1.54) is 18.5 Å². The van der Waals surface area contributed by atoms with Crippen LogP contribution in [0.4, 0.5) is 0 Å². The van der Waals surface area contributed by atoms with Crippen LogP contribution in [-0.4, -0.2) is 22.7 Å². The Bertz CT molecular complexity index is 232. The van der Waals surface area contributed by atoms with Gasteiger partial charge in [-0.25, -0.2) is 0 Å². The van der Waals surface area contributed by atoms with Crippen molar-refractivity contribution in [3.05, 3.63) is 24.0 Å². The van der Waals surface area contributed by atoms with Crippen molar-refractivity contribution in [3.8, 4) is 0 Å². The average molecular weight is 165 g/mol. The van der Waals surface area contributed by atoms with Gasteiger partial charge in [0.2, 0.25) is 0 Å². The maximum atomic E-state index is 9.45. The lowest BCUT2D eigenvalue weighted by Gasteiger charge is -2.37. The van der Waals surface area contributed by atoms with E-state index in [0.717, 1.165) is 18.7 Å². The van der Waals surface area contributed by atoms with Gasteiger partial charge < -0.3 is 10.0 Å². The smallest absolute Gasteiger partial charge is 0.0795 e. The fourth-order valence-electron chi connectivity index (χ4n) is 2.02. The normalized spacial score (nSPS) is 29.8. The van der Waals surface area contributed by atoms with Crippen LogP contribution in [0.1, 0.15) is 25.7 Å². The minimum atomic E-state index is -0.290. The highest BCUT2D eigenvalue weighted by atomic mass is 16.3. The molecule has 0 amide bonds. The van der Waals surface area contributed by atoms with Crippen molar-refractivity contribution in [2.75, 3.05) is 6.54 Å². The molecule has 0 aromatic rings. The minimum Gasteiger partial charge on any atom is -0.389 e. The van der Waals surface area contributed by atoms with Crippen molar-refractivity contribution in [1.82, 2.24) is 4.90 Å². The molecule has 0 radical (unpaired) electrons. The summed E-state index contributed by atoms with van der Waals surface area (Å²) >= 11 is 0. The van der Waals surface area contributed by atoms with Gasteiger partial charge in [0.15, 0.2) is 0 Å². The number of aliphatic hydroxyl groups excluding tert-OH is 1. The number of rotatable bonds is 0. The standard InChI is InChI=1S/C10H15NO/c1-8-6-10(12)7-9-4-2-3-5-11(8)9/h7,10,12H,1-6H2. The van der Waals surface area contributed by atoms with Crippen molar-refractivity contribution in [3.63, 3.8) is 0 Å². The van der Waals surface area contributed by atoms with E-state index in [1.54, 1.807) is 0 Å². The zero-order valence-electron chi connectivity index (χ0n) is 7.29. The highest BCUT2D eigenvalue weighted by Crippen LogP contribution is 2.30. The predicted molar refractivity (Wildman–Crippen MR) is 48.4 cm³/mol. The topological polar surface area (TPSA) is 23.5 Å². The average Bonchev–Trinajstić information content (AvgIpc) is 2.04. The van der Waals surface area contributed by atoms with E-state index in [1.807, 2.05) is 6.08 Å². The third-order valence-corrected chi connectivity index (χ3v) is 2.62. The maximum absolute atomic E-state index is 9.45. The molecule has 0 aromatic heterocycles. The first kappa shape index (κ1) is 7.87. The van der Waals surface area contributed by atoms with Crippen molar-refractivity contribution >= 4 is 0 Å². The van der Waals surface area contributed by atoms with Crippen LogP contribution in [0.5, 0.6) is 0 Å². The second-order valence-electron chi connectivity index (χ2n) is 3.60. The zero-order chi connectivity index (χ0) is 8.55. The molecule has 1 unspecified atom stereocenters. The fraction of sp³-hybridized carbons (Fsp3) is 0.600. The molecule has 2 heterocycles. The Kier molecular flexibility index (Phi) is 1.93. The number of nitrogens with zero attached hydrogens (tertiary/aromatic N) is 1. The largest absolute Gasteiger partial charge is 0.389 e. The number of fused-ring (bicyclic) bond motifs is 1. The van der Waals surface area contributed by atoms with E-state index in [9.17, 15) is 5.11 Å². The minimum absolute atomic E-state index is 0.290. The zero-order valence-corrected chi connectivity index (χ0v) is 7.29. The van der Waals surface area contributed by atoms with Crippen LogP contribution >= 0.6 is 0 Å². The molecule has 2 nitrogen and oxygen atoms in total. The van der Waals surface area contributed by atoms with Gasteiger partial charge in [-0.3, -0.25) is 0 Å². The molecular weight excluding hydrogens is 150 g/mol. The van der Waals surface area contributed by atoms with Crippen LogP contribution < -0.4 is 0 Å². The molecule has 2 rings (SSSR count). The Labute approximate surface area is 73.2 Å². The molecule has 1 N–H and O–H groups in total. The summed E-state index contributed by atoms with van der Waals surface area (Å²) in [6, 6.07) is 0. The summed E-state index contributed by atoms with van der Waals surface area (Å²) in [5, 5.41) is 9.45. The van der Waals surface area contributed by atoms with Gasteiger partial charge in [0.1, 0.15) is 0 Å². The SMILES string of the molecule is C=C1CC(O)C=C2CCCCN12. The van der Waals surface area contributed by atoms with E-state index in [-0.39, 0.29) is 6.10 Å². The van der Waals surface area contributed by atoms with Crippen LogP contribution in [0.15, 0.2) is 24.0 Å². The fourth-order valence-corrected chi connectivity index (χ4v) is 2.02. The van der Waals surface area contributed by atoms with E-state index in [4.69, 9.17) is 0 Å². The number of aliphatic hydroxyl groups is 1. The molecule has 1 fully saturated rings. The van der Waals surface area contributed by atoms with Crippen LogP contribution in [0.25, 0.3) is 0 Å². The Morgan fingerprint density at radius 3 is 3.17 bits per heavy atom. The summed E-state index contributed by atoms with van der Waals surface area (Å²) < 4.78 is 0. The van der Waals surface area contributed by atoms with Crippen molar-refractivity contribution < 1.29 is 5.11 Å². The first-order chi connectivity index (χ1) is 5.77. The number of piperidine rings is 1. The molecule has 1 saturated heterocycles. The lowest BCUT2D eigenvalue weighted by atomic mass is 9.98. The second-order valence-corrected chi connectivity index (χ2v) is 3.60. The van der Waals surface area contributed by atoms with E-state index in [2.05, 4.69) is 11.5 Å². The van der Waals surface area contributed by atoms with Gasteiger partial charge in [0.25, 0.3) is 0 Å². The van der Waals surface area contributed by atoms with E-state index in [0.29, 0.717) is 6.42 Å². The van der Waals surface area contributed by atoms with E-state index >= 15 is 0 Å². The Morgan fingerprint density at radius 2 is 2.33 bits per heavy atom. The monoisotopic (exact) mass is 165 g/mol. The molecule has 0 bridgehead atoms. The summed E-state index contributed by atoms with van der Waals surface area (Å²) in [5.74, 6) is 0. The summed E-state index contributed by atoms with van der Waals surface area (Å²) in [4.78, 5) is 2.26. The molecule has 1 atom stereocenters. The number of hydrogen-bond acceptors (Lipinski definition) is 2. The first-order valence-corrected chi connectivity index (χ1v) is 4.61. The molecule has 2 heteroatoms. The number of hydrogen-bond donors (Lipinski definition) is 1. The van der Waals surface area contributed by atoms with Crippen molar-refractivity contribution in [2.45, 2.75) is 31.8 Å². The van der Waals surface area contributed by atoms with Gasteiger partial charge in [-0.2, -0.15) is 0 Å². The summed E-state index contributed by atoms with van der Waals surface area (Å²) in [6.07, 6.45) is 6.02. The van der Waals surface area contributed by atoms with Crippen molar-refractivity contribution in [2.24, 2.45) is 0 Å².